The largest absolute Gasteiger partial charge is 0.346 e. The molecule has 0 bridgehead atoms. The fourth-order valence-electron chi connectivity index (χ4n) is 3.99. The Balaban J connectivity index is 1.44. The van der Waals surface area contributed by atoms with E-state index in [9.17, 15) is 9.59 Å². The van der Waals surface area contributed by atoms with Crippen LogP contribution >= 0.6 is 22.9 Å². The van der Waals surface area contributed by atoms with Crippen molar-refractivity contribution in [1.29, 1.82) is 0 Å². The second-order valence-electron chi connectivity index (χ2n) is 7.37. The number of benzene rings is 1. The van der Waals surface area contributed by atoms with Gasteiger partial charge >= 0.3 is 0 Å². The quantitative estimate of drug-likeness (QED) is 0.829. The molecular formula is C21H24ClN3O2S. The Labute approximate surface area is 174 Å². The molecular weight excluding hydrogens is 394 g/mol. The van der Waals surface area contributed by atoms with Gasteiger partial charge in [0, 0.05) is 31.7 Å². The lowest BCUT2D eigenvalue weighted by Crippen LogP contribution is -2.36. The number of nitrogens with zero attached hydrogens (tertiary/aromatic N) is 2. The number of carbonyl (C=O) groups is 2. The van der Waals surface area contributed by atoms with E-state index in [4.69, 9.17) is 11.6 Å². The summed E-state index contributed by atoms with van der Waals surface area (Å²) in [6.45, 7) is 5.92. The summed E-state index contributed by atoms with van der Waals surface area (Å²) in [5.41, 5.74) is 3.65. The van der Waals surface area contributed by atoms with Gasteiger partial charge in [0.05, 0.1) is 15.3 Å². The van der Waals surface area contributed by atoms with Crippen LogP contribution in [0.1, 0.15) is 34.1 Å². The van der Waals surface area contributed by atoms with Gasteiger partial charge in [-0.1, -0.05) is 24.6 Å². The Morgan fingerprint density at radius 1 is 1.21 bits per heavy atom. The van der Waals surface area contributed by atoms with Crippen molar-refractivity contribution >= 4 is 40.4 Å². The number of carbonyl (C=O) groups excluding carboxylic acids is 2. The molecule has 0 radical (unpaired) electrons. The van der Waals surface area contributed by atoms with Gasteiger partial charge in [0.25, 0.3) is 5.91 Å². The first-order valence-electron chi connectivity index (χ1n) is 9.74. The molecule has 5 nitrogen and oxygen atoms in total. The molecule has 1 aromatic heterocycles. The fourth-order valence-corrected chi connectivity index (χ4v) is 4.93. The molecule has 0 spiro atoms. The van der Waals surface area contributed by atoms with Crippen LogP contribution in [-0.4, -0.2) is 48.9 Å². The molecule has 0 aliphatic carbocycles. The molecule has 1 saturated heterocycles. The Hall–Kier alpha value is -1.89. The highest BCUT2D eigenvalue weighted by Crippen LogP contribution is 2.27. The molecule has 0 unspecified atom stereocenters. The third-order valence-corrected chi connectivity index (χ3v) is 6.83. The second kappa shape index (κ2) is 8.23. The lowest BCUT2D eigenvalue weighted by atomic mass is 10.0. The minimum atomic E-state index is -0.185. The van der Waals surface area contributed by atoms with Crippen LogP contribution in [0.15, 0.2) is 30.3 Å². The van der Waals surface area contributed by atoms with Crippen LogP contribution in [-0.2, 0) is 17.6 Å². The van der Waals surface area contributed by atoms with Gasteiger partial charge in [0.2, 0.25) is 5.91 Å². The molecule has 7 heteroatoms. The highest BCUT2D eigenvalue weighted by atomic mass is 35.5. The van der Waals surface area contributed by atoms with Crippen LogP contribution in [0.25, 0.3) is 0 Å². The van der Waals surface area contributed by atoms with Crippen molar-refractivity contribution < 1.29 is 9.59 Å². The molecule has 1 fully saturated rings. The van der Waals surface area contributed by atoms with Gasteiger partial charge < -0.3 is 15.1 Å². The number of amides is 2. The monoisotopic (exact) mass is 417 g/mol. The van der Waals surface area contributed by atoms with E-state index >= 15 is 0 Å². The normalized spacial score (nSPS) is 20.1. The highest BCUT2D eigenvalue weighted by Gasteiger charge is 2.32. The summed E-state index contributed by atoms with van der Waals surface area (Å²) >= 11 is 7.16. The van der Waals surface area contributed by atoms with E-state index in [0.29, 0.717) is 22.2 Å². The number of nitrogens with one attached hydrogen (secondary N) is 1. The third kappa shape index (κ3) is 4.09. The maximum atomic E-state index is 12.6. The number of halogens is 1. The number of rotatable bonds is 4. The Bertz CT molecular complexity index is 898. The van der Waals surface area contributed by atoms with Gasteiger partial charge in [-0.2, -0.15) is 0 Å². The first kappa shape index (κ1) is 19.4. The lowest BCUT2D eigenvalue weighted by molar-refractivity contribution is -0.117. The number of anilines is 1. The van der Waals surface area contributed by atoms with Crippen LogP contribution < -0.4 is 10.2 Å². The number of likely N-dealkylation sites (N-methyl/N-ethyl adjacent to an activating group) is 1. The molecule has 1 atom stereocenters. The summed E-state index contributed by atoms with van der Waals surface area (Å²) in [5, 5.41) is 2.97. The van der Waals surface area contributed by atoms with E-state index in [0.717, 1.165) is 38.2 Å². The molecule has 2 amide bonds. The van der Waals surface area contributed by atoms with Gasteiger partial charge in [-0.3, -0.25) is 9.59 Å². The van der Waals surface area contributed by atoms with Crippen molar-refractivity contribution in [1.82, 2.24) is 10.2 Å². The summed E-state index contributed by atoms with van der Waals surface area (Å²) in [6.07, 6.45) is 2.39. The molecule has 28 heavy (non-hydrogen) atoms. The average molecular weight is 418 g/mol. The molecule has 1 N–H and O–H groups in total. The van der Waals surface area contributed by atoms with Crippen LogP contribution in [0.4, 0.5) is 5.69 Å². The van der Waals surface area contributed by atoms with Crippen molar-refractivity contribution in [3.8, 4) is 0 Å². The highest BCUT2D eigenvalue weighted by molar-refractivity contribution is 7.18. The van der Waals surface area contributed by atoms with Crippen LogP contribution in [0.5, 0.6) is 0 Å². The number of thiophene rings is 1. The van der Waals surface area contributed by atoms with E-state index in [1.165, 1.54) is 22.5 Å². The van der Waals surface area contributed by atoms with Crippen LogP contribution in [0.3, 0.4) is 0 Å². The van der Waals surface area contributed by atoms with Crippen molar-refractivity contribution in [3.63, 3.8) is 0 Å². The van der Waals surface area contributed by atoms with Gasteiger partial charge in [-0.05, 0) is 54.8 Å². The first-order valence-corrected chi connectivity index (χ1v) is 10.9. The number of fused-ring (bicyclic) bond motifs is 1. The zero-order valence-corrected chi connectivity index (χ0v) is 17.5. The molecule has 4 rings (SSSR count). The molecule has 0 saturated carbocycles. The van der Waals surface area contributed by atoms with E-state index in [1.807, 2.05) is 6.07 Å². The third-order valence-electron chi connectivity index (χ3n) is 5.60. The van der Waals surface area contributed by atoms with E-state index in [-0.39, 0.29) is 17.9 Å². The summed E-state index contributed by atoms with van der Waals surface area (Å²) in [7, 11) is 0. The molecule has 2 aliphatic heterocycles. The molecule has 2 aliphatic rings. The molecule has 2 aromatic rings. The van der Waals surface area contributed by atoms with Crippen molar-refractivity contribution in [2.75, 3.05) is 31.1 Å². The SMILES string of the molecule is CCN1CCc2ccc(N3C[C@H](NC(=O)c4ccc(Cl)s4)CC3=O)cc2CC1. The lowest BCUT2D eigenvalue weighted by Gasteiger charge is -2.19. The molecule has 1 aromatic carbocycles. The van der Waals surface area contributed by atoms with Gasteiger partial charge in [-0.25, -0.2) is 0 Å². The molecule has 148 valence electrons. The van der Waals surface area contributed by atoms with Gasteiger partial charge in [0.15, 0.2) is 0 Å². The minimum Gasteiger partial charge on any atom is -0.346 e. The van der Waals surface area contributed by atoms with Crippen molar-refractivity contribution in [2.45, 2.75) is 32.2 Å². The van der Waals surface area contributed by atoms with Crippen LogP contribution in [0, 0.1) is 0 Å². The smallest absolute Gasteiger partial charge is 0.261 e. The maximum absolute atomic E-state index is 12.6. The van der Waals surface area contributed by atoms with E-state index < -0.39 is 0 Å². The van der Waals surface area contributed by atoms with Crippen LogP contribution in [0.2, 0.25) is 4.34 Å². The fraction of sp³-hybridized carbons (Fsp3) is 0.429. The van der Waals surface area contributed by atoms with Gasteiger partial charge in [-0.15, -0.1) is 11.3 Å². The minimum absolute atomic E-state index is 0.0540. The number of hydrogen-bond donors (Lipinski definition) is 1. The van der Waals surface area contributed by atoms with E-state index in [1.54, 1.807) is 17.0 Å². The zero-order valence-electron chi connectivity index (χ0n) is 15.9. The first-order chi connectivity index (χ1) is 13.5. The Morgan fingerprint density at radius 3 is 2.71 bits per heavy atom. The standard InChI is InChI=1S/C21H24ClN3O2S/c1-2-24-9-7-14-3-4-17(11-15(14)8-10-24)25-13-16(12-20(25)26)23-21(27)18-5-6-19(22)28-18/h3-6,11,16H,2,7-10,12-13H2,1H3,(H,23,27)/t16-/m1/s1. The topological polar surface area (TPSA) is 52.6 Å². The summed E-state index contributed by atoms with van der Waals surface area (Å²) in [6, 6.07) is 9.61. The Kier molecular flexibility index (Phi) is 5.71. The zero-order chi connectivity index (χ0) is 19.7. The van der Waals surface area contributed by atoms with Gasteiger partial charge in [0.1, 0.15) is 0 Å². The average Bonchev–Trinajstić information content (AvgIpc) is 3.21. The van der Waals surface area contributed by atoms with Crippen molar-refractivity contribution in [3.05, 3.63) is 50.7 Å². The molecule has 3 heterocycles. The summed E-state index contributed by atoms with van der Waals surface area (Å²) in [4.78, 5) is 29.8. The predicted molar refractivity (Wildman–Crippen MR) is 114 cm³/mol. The maximum Gasteiger partial charge on any atom is 0.261 e. The van der Waals surface area contributed by atoms with Crippen molar-refractivity contribution in [2.24, 2.45) is 0 Å². The Morgan fingerprint density at radius 2 is 2.00 bits per heavy atom. The van der Waals surface area contributed by atoms with E-state index in [2.05, 4.69) is 29.3 Å². The summed E-state index contributed by atoms with van der Waals surface area (Å²) < 4.78 is 0.584. The predicted octanol–water partition coefficient (Wildman–Crippen LogP) is 3.36. The number of hydrogen-bond acceptors (Lipinski definition) is 4. The second-order valence-corrected chi connectivity index (χ2v) is 9.08. The summed E-state index contributed by atoms with van der Waals surface area (Å²) in [5.74, 6) is -0.114.